The van der Waals surface area contributed by atoms with Crippen LogP contribution in [0.1, 0.15) is 37.4 Å². The zero-order chi connectivity index (χ0) is 9.54. The normalized spacial score (nSPS) is 35.4. The standard InChI is InChI=1S/C10H14BrN3/c11-5-9-6-12-13-14(9)10-4-7-1-2-8(10)3-7/h6-8,10H,1-5H2. The molecule has 2 saturated carbocycles. The van der Waals surface area contributed by atoms with Gasteiger partial charge in [0.15, 0.2) is 0 Å². The van der Waals surface area contributed by atoms with Crippen molar-refractivity contribution in [2.45, 2.75) is 37.1 Å². The van der Waals surface area contributed by atoms with Crippen LogP contribution in [0.4, 0.5) is 0 Å². The van der Waals surface area contributed by atoms with Gasteiger partial charge >= 0.3 is 0 Å². The first kappa shape index (κ1) is 8.89. The maximum absolute atomic E-state index is 4.22. The fourth-order valence-corrected chi connectivity index (χ4v) is 3.55. The van der Waals surface area contributed by atoms with Gasteiger partial charge in [0.2, 0.25) is 0 Å². The number of rotatable bonds is 2. The lowest BCUT2D eigenvalue weighted by Gasteiger charge is -2.22. The van der Waals surface area contributed by atoms with Crippen molar-refractivity contribution in [3.63, 3.8) is 0 Å². The van der Waals surface area contributed by atoms with Crippen LogP contribution in [0.5, 0.6) is 0 Å². The van der Waals surface area contributed by atoms with Gasteiger partial charge in [-0.25, -0.2) is 4.68 Å². The van der Waals surface area contributed by atoms with Gasteiger partial charge in [0.1, 0.15) is 0 Å². The fourth-order valence-electron chi connectivity index (χ4n) is 3.15. The molecule has 3 unspecified atom stereocenters. The monoisotopic (exact) mass is 255 g/mol. The van der Waals surface area contributed by atoms with E-state index < -0.39 is 0 Å². The van der Waals surface area contributed by atoms with Crippen LogP contribution in [0.15, 0.2) is 6.20 Å². The number of fused-ring (bicyclic) bond motifs is 2. The average Bonchev–Trinajstić information content (AvgIpc) is 2.92. The molecule has 0 saturated heterocycles. The molecule has 1 aromatic rings. The Morgan fingerprint density at radius 1 is 1.43 bits per heavy atom. The second-order valence-corrected chi connectivity index (χ2v) is 5.11. The molecule has 3 rings (SSSR count). The van der Waals surface area contributed by atoms with E-state index in [9.17, 15) is 0 Å². The summed E-state index contributed by atoms with van der Waals surface area (Å²) in [5.74, 6) is 1.84. The molecule has 76 valence electrons. The number of hydrogen-bond acceptors (Lipinski definition) is 2. The highest BCUT2D eigenvalue weighted by Crippen LogP contribution is 2.50. The third kappa shape index (κ3) is 1.23. The van der Waals surface area contributed by atoms with Gasteiger partial charge in [-0.3, -0.25) is 0 Å². The van der Waals surface area contributed by atoms with Gasteiger partial charge < -0.3 is 0 Å². The summed E-state index contributed by atoms with van der Waals surface area (Å²) in [6, 6.07) is 0.642. The number of hydrogen-bond donors (Lipinski definition) is 0. The summed E-state index contributed by atoms with van der Waals surface area (Å²) in [5.41, 5.74) is 1.22. The Labute approximate surface area is 92.0 Å². The Balaban J connectivity index is 1.89. The first-order chi connectivity index (χ1) is 6.88. The van der Waals surface area contributed by atoms with E-state index in [4.69, 9.17) is 0 Å². The molecule has 0 N–H and O–H groups in total. The van der Waals surface area contributed by atoms with Crippen LogP contribution in [0.2, 0.25) is 0 Å². The summed E-state index contributed by atoms with van der Waals surface area (Å²) in [7, 11) is 0. The van der Waals surface area contributed by atoms with E-state index in [-0.39, 0.29) is 0 Å². The zero-order valence-electron chi connectivity index (χ0n) is 8.06. The van der Waals surface area contributed by atoms with E-state index >= 15 is 0 Å². The number of aromatic nitrogens is 3. The summed E-state index contributed by atoms with van der Waals surface area (Å²) in [6.45, 7) is 0. The van der Waals surface area contributed by atoms with Crippen LogP contribution in [0.25, 0.3) is 0 Å². The van der Waals surface area contributed by atoms with E-state index in [1.54, 1.807) is 0 Å². The Hall–Kier alpha value is -0.380. The minimum atomic E-state index is 0.642. The molecule has 2 aliphatic rings. The van der Waals surface area contributed by atoms with Crippen molar-refractivity contribution in [3.8, 4) is 0 Å². The molecule has 3 nitrogen and oxygen atoms in total. The van der Waals surface area contributed by atoms with Crippen molar-refractivity contribution in [1.82, 2.24) is 15.0 Å². The molecule has 1 aromatic heterocycles. The third-order valence-corrected chi connectivity index (χ3v) is 4.38. The van der Waals surface area contributed by atoms with E-state index in [0.717, 1.165) is 17.2 Å². The Morgan fingerprint density at radius 2 is 2.36 bits per heavy atom. The average molecular weight is 256 g/mol. The lowest BCUT2D eigenvalue weighted by atomic mass is 9.95. The van der Waals surface area contributed by atoms with Gasteiger partial charge in [-0.2, -0.15) is 0 Å². The Bertz CT molecular complexity index is 336. The minimum absolute atomic E-state index is 0.642. The van der Waals surface area contributed by atoms with E-state index in [0.29, 0.717) is 6.04 Å². The van der Waals surface area contributed by atoms with Gasteiger partial charge in [-0.15, -0.1) is 5.10 Å². The molecule has 0 aromatic carbocycles. The maximum atomic E-state index is 4.22. The highest BCUT2D eigenvalue weighted by atomic mass is 79.9. The fraction of sp³-hybridized carbons (Fsp3) is 0.800. The van der Waals surface area contributed by atoms with Gasteiger partial charge in [-0.05, 0) is 31.1 Å². The van der Waals surface area contributed by atoms with E-state index in [1.807, 2.05) is 6.20 Å². The first-order valence-electron chi connectivity index (χ1n) is 5.33. The van der Waals surface area contributed by atoms with Crippen molar-refractivity contribution >= 4 is 15.9 Å². The van der Waals surface area contributed by atoms with Crippen LogP contribution >= 0.6 is 15.9 Å². The van der Waals surface area contributed by atoms with E-state index in [1.165, 1.54) is 31.4 Å². The van der Waals surface area contributed by atoms with Crippen molar-refractivity contribution in [1.29, 1.82) is 0 Å². The summed E-state index contributed by atoms with van der Waals surface area (Å²) in [5, 5.41) is 9.10. The quantitative estimate of drug-likeness (QED) is 0.761. The SMILES string of the molecule is BrCc1cnnn1C1CC2CCC1C2. The Kier molecular flexibility index (Phi) is 2.11. The molecule has 0 amide bonds. The van der Waals surface area contributed by atoms with Gasteiger partial charge in [0.05, 0.1) is 17.9 Å². The molecule has 2 fully saturated rings. The molecular formula is C10H14BrN3. The second kappa shape index (κ2) is 3.33. The molecule has 1 heterocycles. The third-order valence-electron chi connectivity index (χ3n) is 3.80. The Morgan fingerprint density at radius 3 is 3.00 bits per heavy atom. The van der Waals surface area contributed by atoms with Crippen LogP contribution in [0.3, 0.4) is 0 Å². The van der Waals surface area contributed by atoms with Crippen LogP contribution in [-0.4, -0.2) is 15.0 Å². The predicted molar refractivity (Wildman–Crippen MR) is 57.1 cm³/mol. The zero-order valence-corrected chi connectivity index (χ0v) is 9.65. The van der Waals surface area contributed by atoms with Crippen LogP contribution in [-0.2, 0) is 5.33 Å². The number of nitrogens with zero attached hydrogens (tertiary/aromatic N) is 3. The molecule has 0 radical (unpaired) electrons. The van der Waals surface area contributed by atoms with Crippen LogP contribution < -0.4 is 0 Å². The largest absolute Gasteiger partial charge is 0.245 e. The smallest absolute Gasteiger partial charge is 0.0733 e. The van der Waals surface area contributed by atoms with Crippen molar-refractivity contribution in [2.24, 2.45) is 11.8 Å². The van der Waals surface area contributed by atoms with E-state index in [2.05, 4.69) is 30.9 Å². The van der Waals surface area contributed by atoms with Crippen molar-refractivity contribution in [3.05, 3.63) is 11.9 Å². The lowest BCUT2D eigenvalue weighted by molar-refractivity contribution is 0.297. The molecule has 0 spiro atoms. The van der Waals surface area contributed by atoms with Gasteiger partial charge in [0.25, 0.3) is 0 Å². The topological polar surface area (TPSA) is 30.7 Å². The summed E-state index contributed by atoms with van der Waals surface area (Å²) in [4.78, 5) is 0. The number of alkyl halides is 1. The van der Waals surface area contributed by atoms with Crippen molar-refractivity contribution < 1.29 is 0 Å². The molecule has 4 heteroatoms. The maximum Gasteiger partial charge on any atom is 0.0733 e. The molecule has 2 aliphatic carbocycles. The molecular weight excluding hydrogens is 242 g/mol. The minimum Gasteiger partial charge on any atom is -0.245 e. The predicted octanol–water partition coefficient (Wildman–Crippen LogP) is 2.53. The summed E-state index contributed by atoms with van der Waals surface area (Å²) in [6.07, 6.45) is 7.47. The molecule has 14 heavy (non-hydrogen) atoms. The van der Waals surface area contributed by atoms with Crippen LogP contribution in [0, 0.1) is 11.8 Å². The second-order valence-electron chi connectivity index (χ2n) is 4.55. The molecule has 0 aliphatic heterocycles. The van der Waals surface area contributed by atoms with Crippen molar-refractivity contribution in [2.75, 3.05) is 0 Å². The van der Waals surface area contributed by atoms with Gasteiger partial charge in [-0.1, -0.05) is 27.6 Å². The lowest BCUT2D eigenvalue weighted by Crippen LogP contribution is -2.19. The summed E-state index contributed by atoms with van der Waals surface area (Å²) < 4.78 is 2.15. The highest BCUT2D eigenvalue weighted by Gasteiger charge is 2.41. The molecule has 3 atom stereocenters. The number of halogens is 1. The van der Waals surface area contributed by atoms with Gasteiger partial charge in [0, 0.05) is 5.33 Å². The highest BCUT2D eigenvalue weighted by molar-refractivity contribution is 9.08. The summed E-state index contributed by atoms with van der Waals surface area (Å²) >= 11 is 3.49. The first-order valence-corrected chi connectivity index (χ1v) is 6.45. The molecule has 2 bridgehead atoms.